The molecule has 27 heavy (non-hydrogen) atoms. The van der Waals surface area contributed by atoms with E-state index in [1.54, 1.807) is 12.1 Å². The summed E-state index contributed by atoms with van der Waals surface area (Å²) in [5.41, 5.74) is 2.24. The molecule has 1 aromatic carbocycles. The number of esters is 1. The van der Waals surface area contributed by atoms with Crippen LogP contribution in [0.3, 0.4) is 0 Å². The standard InChI is InChI=1S/C20H24N2O4S/c1-14-3-5-15(6-4-14)16(13-22-9-11-26-12-10-22)21-19(23)17-7-8-18(27-17)20(24)25-2/h3-8,16H,9-13H2,1-2H3,(H,21,23). The van der Waals surface area contributed by atoms with Crippen LogP contribution in [-0.4, -0.2) is 56.7 Å². The highest BCUT2D eigenvalue weighted by Crippen LogP contribution is 2.21. The van der Waals surface area contributed by atoms with E-state index in [4.69, 9.17) is 9.47 Å². The van der Waals surface area contributed by atoms with Crippen LogP contribution in [0, 0.1) is 6.92 Å². The Morgan fingerprint density at radius 2 is 1.81 bits per heavy atom. The lowest BCUT2D eigenvalue weighted by atomic mass is 10.0. The number of carbonyl (C=O) groups is 2. The van der Waals surface area contributed by atoms with Crippen LogP contribution in [0.5, 0.6) is 0 Å². The number of ether oxygens (including phenoxy) is 2. The highest BCUT2D eigenvalue weighted by Gasteiger charge is 2.22. The van der Waals surface area contributed by atoms with Crippen LogP contribution in [0.25, 0.3) is 0 Å². The molecule has 0 bridgehead atoms. The van der Waals surface area contributed by atoms with Gasteiger partial charge in [-0.2, -0.15) is 0 Å². The number of thiophene rings is 1. The van der Waals surface area contributed by atoms with Crippen LogP contribution in [0.4, 0.5) is 0 Å². The molecule has 1 saturated heterocycles. The van der Waals surface area contributed by atoms with E-state index in [9.17, 15) is 9.59 Å². The number of hydrogen-bond donors (Lipinski definition) is 1. The van der Waals surface area contributed by atoms with Crippen molar-refractivity contribution in [3.63, 3.8) is 0 Å². The summed E-state index contributed by atoms with van der Waals surface area (Å²) in [6.45, 7) is 5.88. The summed E-state index contributed by atoms with van der Waals surface area (Å²) in [5, 5.41) is 3.12. The lowest BCUT2D eigenvalue weighted by molar-refractivity contribution is 0.0332. The molecule has 1 N–H and O–H groups in total. The number of rotatable bonds is 6. The smallest absolute Gasteiger partial charge is 0.348 e. The van der Waals surface area contributed by atoms with Crippen LogP contribution in [0.1, 0.15) is 36.5 Å². The number of nitrogens with zero attached hydrogens (tertiary/aromatic N) is 1. The average Bonchev–Trinajstić information content (AvgIpc) is 3.19. The molecule has 0 radical (unpaired) electrons. The maximum atomic E-state index is 12.8. The number of carbonyl (C=O) groups excluding carboxylic acids is 2. The van der Waals surface area contributed by atoms with Crippen molar-refractivity contribution in [1.82, 2.24) is 10.2 Å². The zero-order chi connectivity index (χ0) is 19.2. The number of morpholine rings is 1. The molecule has 1 aromatic heterocycles. The first-order valence-corrected chi connectivity index (χ1v) is 9.74. The molecule has 0 saturated carbocycles. The highest BCUT2D eigenvalue weighted by atomic mass is 32.1. The summed E-state index contributed by atoms with van der Waals surface area (Å²) >= 11 is 1.14. The molecule has 2 aromatic rings. The van der Waals surface area contributed by atoms with Gasteiger partial charge in [-0.15, -0.1) is 11.3 Å². The SMILES string of the molecule is COC(=O)c1ccc(C(=O)NC(CN2CCOCC2)c2ccc(C)cc2)s1. The van der Waals surface area contributed by atoms with Crippen LogP contribution in [0.15, 0.2) is 36.4 Å². The molecule has 6 nitrogen and oxygen atoms in total. The second-order valence-electron chi connectivity index (χ2n) is 6.51. The number of nitrogens with one attached hydrogen (secondary N) is 1. The highest BCUT2D eigenvalue weighted by molar-refractivity contribution is 7.15. The van der Waals surface area contributed by atoms with E-state index in [0.29, 0.717) is 29.5 Å². The van der Waals surface area contributed by atoms with E-state index in [1.165, 1.54) is 12.7 Å². The van der Waals surface area contributed by atoms with Gasteiger partial charge in [-0.3, -0.25) is 9.69 Å². The number of benzene rings is 1. The van der Waals surface area contributed by atoms with Gasteiger partial charge in [0.2, 0.25) is 0 Å². The van der Waals surface area contributed by atoms with Gasteiger partial charge in [0.25, 0.3) is 5.91 Å². The number of methoxy groups -OCH3 is 1. The summed E-state index contributed by atoms with van der Waals surface area (Å²) < 4.78 is 10.1. The number of amides is 1. The van der Waals surface area contributed by atoms with E-state index in [1.807, 2.05) is 19.1 Å². The molecule has 2 heterocycles. The first kappa shape index (κ1) is 19.5. The van der Waals surface area contributed by atoms with Gasteiger partial charge < -0.3 is 14.8 Å². The van der Waals surface area contributed by atoms with Gasteiger partial charge in [0.05, 0.1) is 31.2 Å². The number of hydrogen-bond acceptors (Lipinski definition) is 6. The Morgan fingerprint density at radius 1 is 1.15 bits per heavy atom. The molecule has 1 aliphatic rings. The van der Waals surface area contributed by atoms with Crippen molar-refractivity contribution in [2.24, 2.45) is 0 Å². The number of aryl methyl sites for hydroxylation is 1. The third kappa shape index (κ3) is 5.15. The molecule has 1 fully saturated rings. The van der Waals surface area contributed by atoms with Gasteiger partial charge >= 0.3 is 5.97 Å². The minimum absolute atomic E-state index is 0.139. The Morgan fingerprint density at radius 3 is 2.48 bits per heavy atom. The van der Waals surface area contributed by atoms with Gasteiger partial charge in [-0.05, 0) is 24.6 Å². The van der Waals surface area contributed by atoms with Gasteiger partial charge in [0.15, 0.2) is 0 Å². The van der Waals surface area contributed by atoms with Crippen molar-refractivity contribution < 1.29 is 19.1 Å². The first-order valence-electron chi connectivity index (χ1n) is 8.92. The molecule has 3 rings (SSSR count). The molecule has 1 unspecified atom stereocenters. The maximum Gasteiger partial charge on any atom is 0.348 e. The zero-order valence-corrected chi connectivity index (χ0v) is 16.4. The molecule has 1 aliphatic heterocycles. The Labute approximate surface area is 163 Å². The Hall–Kier alpha value is -2.22. The lowest BCUT2D eigenvalue weighted by Gasteiger charge is -2.31. The summed E-state index contributed by atoms with van der Waals surface area (Å²) in [6.07, 6.45) is 0. The van der Waals surface area contributed by atoms with Crippen LogP contribution in [-0.2, 0) is 9.47 Å². The maximum absolute atomic E-state index is 12.8. The molecule has 144 valence electrons. The predicted octanol–water partition coefficient (Wildman–Crippen LogP) is 2.65. The van der Waals surface area contributed by atoms with Crippen molar-refractivity contribution in [2.75, 3.05) is 40.0 Å². The molecular weight excluding hydrogens is 364 g/mol. The van der Waals surface area contributed by atoms with Crippen LogP contribution >= 0.6 is 11.3 Å². The summed E-state index contributed by atoms with van der Waals surface area (Å²) in [5.74, 6) is -0.614. The normalized spacial score (nSPS) is 15.9. The van der Waals surface area contributed by atoms with Crippen molar-refractivity contribution in [1.29, 1.82) is 0 Å². The van der Waals surface area contributed by atoms with E-state index in [-0.39, 0.29) is 11.9 Å². The average molecular weight is 388 g/mol. The van der Waals surface area contributed by atoms with Crippen molar-refractivity contribution in [2.45, 2.75) is 13.0 Å². The first-order chi connectivity index (χ1) is 13.1. The van der Waals surface area contributed by atoms with E-state index in [2.05, 4.69) is 22.3 Å². The fourth-order valence-electron chi connectivity index (χ4n) is 2.97. The molecule has 1 atom stereocenters. The summed E-state index contributed by atoms with van der Waals surface area (Å²) in [7, 11) is 1.33. The van der Waals surface area contributed by atoms with E-state index < -0.39 is 5.97 Å². The molecular formula is C20H24N2O4S. The minimum atomic E-state index is -0.428. The Balaban J connectivity index is 1.75. The largest absolute Gasteiger partial charge is 0.465 e. The minimum Gasteiger partial charge on any atom is -0.465 e. The van der Waals surface area contributed by atoms with Crippen molar-refractivity contribution in [3.05, 3.63) is 57.3 Å². The Bertz CT molecular complexity index is 782. The van der Waals surface area contributed by atoms with Crippen molar-refractivity contribution in [3.8, 4) is 0 Å². The van der Waals surface area contributed by atoms with E-state index >= 15 is 0 Å². The van der Waals surface area contributed by atoms with Gasteiger partial charge in [-0.1, -0.05) is 29.8 Å². The zero-order valence-electron chi connectivity index (χ0n) is 15.6. The predicted molar refractivity (Wildman–Crippen MR) is 104 cm³/mol. The molecule has 0 spiro atoms. The van der Waals surface area contributed by atoms with Gasteiger partial charge in [0.1, 0.15) is 4.88 Å². The van der Waals surface area contributed by atoms with Gasteiger partial charge in [0, 0.05) is 19.6 Å². The van der Waals surface area contributed by atoms with E-state index in [0.717, 1.165) is 30.0 Å². The lowest BCUT2D eigenvalue weighted by Crippen LogP contribution is -2.43. The summed E-state index contributed by atoms with van der Waals surface area (Å²) in [6, 6.07) is 11.3. The third-order valence-electron chi connectivity index (χ3n) is 4.55. The molecule has 0 aliphatic carbocycles. The monoisotopic (exact) mass is 388 g/mol. The quantitative estimate of drug-likeness (QED) is 0.771. The third-order valence-corrected chi connectivity index (χ3v) is 5.61. The second kappa shape index (κ2) is 9.12. The topological polar surface area (TPSA) is 67.9 Å². The van der Waals surface area contributed by atoms with Crippen molar-refractivity contribution >= 4 is 23.2 Å². The van der Waals surface area contributed by atoms with Crippen LogP contribution < -0.4 is 5.32 Å². The summed E-state index contributed by atoms with van der Waals surface area (Å²) in [4.78, 5) is 27.6. The molecule has 1 amide bonds. The van der Waals surface area contributed by atoms with Crippen LogP contribution in [0.2, 0.25) is 0 Å². The second-order valence-corrected chi connectivity index (χ2v) is 7.59. The Kier molecular flexibility index (Phi) is 6.60. The van der Waals surface area contributed by atoms with Gasteiger partial charge in [-0.25, -0.2) is 4.79 Å². The fourth-order valence-corrected chi connectivity index (χ4v) is 3.80. The molecule has 7 heteroatoms. The fraction of sp³-hybridized carbons (Fsp3) is 0.400.